The normalized spacial score (nSPS) is 10.0. The van der Waals surface area contributed by atoms with E-state index in [0.717, 1.165) is 19.3 Å². The zero-order chi connectivity index (χ0) is 12.7. The van der Waals surface area contributed by atoms with Crippen molar-refractivity contribution in [1.82, 2.24) is 0 Å². The second kappa shape index (κ2) is 6.78. The summed E-state index contributed by atoms with van der Waals surface area (Å²) in [5.74, 6) is 0. The molecule has 4 heteroatoms. The Morgan fingerprint density at radius 1 is 1.41 bits per heavy atom. The van der Waals surface area contributed by atoms with Crippen LogP contribution in [0.1, 0.15) is 32.3 Å². The van der Waals surface area contributed by atoms with E-state index in [4.69, 9.17) is 10.5 Å². The van der Waals surface area contributed by atoms with Gasteiger partial charge >= 0.3 is 6.09 Å². The molecule has 1 amide bonds. The van der Waals surface area contributed by atoms with Crippen molar-refractivity contribution in [2.75, 3.05) is 17.7 Å². The van der Waals surface area contributed by atoms with Gasteiger partial charge in [0.25, 0.3) is 0 Å². The molecule has 1 aromatic rings. The summed E-state index contributed by atoms with van der Waals surface area (Å²) in [7, 11) is 0. The van der Waals surface area contributed by atoms with Crippen molar-refractivity contribution in [2.24, 2.45) is 0 Å². The van der Waals surface area contributed by atoms with Crippen LogP contribution in [0.4, 0.5) is 16.2 Å². The predicted octanol–water partition coefficient (Wildman–Crippen LogP) is 3.18. The van der Waals surface area contributed by atoms with Crippen LogP contribution in [-0.4, -0.2) is 12.7 Å². The lowest BCUT2D eigenvalue weighted by Crippen LogP contribution is -2.14. The third-order valence-electron chi connectivity index (χ3n) is 2.45. The zero-order valence-corrected chi connectivity index (χ0v) is 10.5. The van der Waals surface area contributed by atoms with Gasteiger partial charge in [0.05, 0.1) is 18.0 Å². The third kappa shape index (κ3) is 4.34. The van der Waals surface area contributed by atoms with Gasteiger partial charge in [-0.1, -0.05) is 19.4 Å². The maximum absolute atomic E-state index is 11.2. The summed E-state index contributed by atoms with van der Waals surface area (Å²) in [6.07, 6.45) is 2.84. The van der Waals surface area contributed by atoms with E-state index in [1.807, 2.05) is 18.2 Å². The monoisotopic (exact) mass is 236 g/mol. The van der Waals surface area contributed by atoms with E-state index in [0.29, 0.717) is 18.0 Å². The third-order valence-corrected chi connectivity index (χ3v) is 2.45. The van der Waals surface area contributed by atoms with Crippen LogP contribution in [0.25, 0.3) is 0 Å². The topological polar surface area (TPSA) is 64.3 Å². The summed E-state index contributed by atoms with van der Waals surface area (Å²) in [5.41, 5.74) is 8.24. The molecule has 0 bridgehead atoms. The Labute approximate surface area is 102 Å². The molecule has 1 rings (SSSR count). The van der Waals surface area contributed by atoms with E-state index in [1.165, 1.54) is 5.56 Å². The summed E-state index contributed by atoms with van der Waals surface area (Å²) in [5, 5.41) is 2.61. The quantitative estimate of drug-likeness (QED) is 0.772. The van der Waals surface area contributed by atoms with Gasteiger partial charge < -0.3 is 10.5 Å². The number of aryl methyl sites for hydroxylation is 1. The van der Waals surface area contributed by atoms with Crippen LogP contribution in [0.2, 0.25) is 0 Å². The van der Waals surface area contributed by atoms with Crippen LogP contribution in [0.3, 0.4) is 0 Å². The smallest absolute Gasteiger partial charge is 0.411 e. The van der Waals surface area contributed by atoms with Crippen LogP contribution in [0.5, 0.6) is 0 Å². The van der Waals surface area contributed by atoms with Crippen LogP contribution in [-0.2, 0) is 11.2 Å². The molecule has 0 heterocycles. The van der Waals surface area contributed by atoms with Crippen LogP contribution in [0, 0.1) is 0 Å². The van der Waals surface area contributed by atoms with Gasteiger partial charge in [0.1, 0.15) is 0 Å². The maximum atomic E-state index is 11.2. The van der Waals surface area contributed by atoms with Gasteiger partial charge in [-0.15, -0.1) is 0 Å². The summed E-state index contributed by atoms with van der Waals surface area (Å²) >= 11 is 0. The molecule has 0 saturated carbocycles. The molecule has 0 aromatic heterocycles. The average molecular weight is 236 g/mol. The molecule has 3 N–H and O–H groups in total. The highest BCUT2D eigenvalue weighted by atomic mass is 16.5. The molecule has 0 aliphatic heterocycles. The first kappa shape index (κ1) is 13.4. The molecule has 0 atom stereocenters. The largest absolute Gasteiger partial charge is 0.450 e. The number of nitrogens with two attached hydrogens (primary N) is 1. The molecule has 0 radical (unpaired) electrons. The molecule has 0 fully saturated rings. The van der Waals surface area contributed by atoms with E-state index >= 15 is 0 Å². The molecule has 0 aliphatic carbocycles. The number of nitrogens with one attached hydrogen (secondary N) is 1. The maximum Gasteiger partial charge on any atom is 0.411 e. The highest BCUT2D eigenvalue weighted by Gasteiger charge is 2.05. The lowest BCUT2D eigenvalue weighted by atomic mass is 10.1. The fourth-order valence-electron chi connectivity index (χ4n) is 1.54. The first-order valence-corrected chi connectivity index (χ1v) is 5.99. The van der Waals surface area contributed by atoms with E-state index in [1.54, 1.807) is 6.92 Å². The van der Waals surface area contributed by atoms with Crippen LogP contribution < -0.4 is 11.1 Å². The molecule has 4 nitrogen and oxygen atoms in total. The summed E-state index contributed by atoms with van der Waals surface area (Å²) in [4.78, 5) is 11.2. The number of benzene rings is 1. The van der Waals surface area contributed by atoms with Crippen LogP contribution in [0.15, 0.2) is 18.2 Å². The molecule has 94 valence electrons. The second-order valence-corrected chi connectivity index (χ2v) is 3.87. The Kier molecular flexibility index (Phi) is 5.33. The molecule has 0 spiro atoms. The Morgan fingerprint density at radius 2 is 2.18 bits per heavy atom. The number of unbranched alkanes of at least 4 members (excludes halogenated alkanes) is 1. The lowest BCUT2D eigenvalue weighted by Gasteiger charge is -2.09. The van der Waals surface area contributed by atoms with Crippen molar-refractivity contribution in [3.63, 3.8) is 0 Å². The Hall–Kier alpha value is -1.71. The van der Waals surface area contributed by atoms with Crippen molar-refractivity contribution in [2.45, 2.75) is 33.1 Å². The highest BCUT2D eigenvalue weighted by Crippen LogP contribution is 2.21. The number of carbonyl (C=O) groups excluding carboxylic acids is 1. The number of nitrogen functional groups attached to an aromatic ring is 1. The van der Waals surface area contributed by atoms with Crippen molar-refractivity contribution in [1.29, 1.82) is 0 Å². The first-order valence-electron chi connectivity index (χ1n) is 5.99. The number of rotatable bonds is 5. The Balaban J connectivity index is 2.65. The lowest BCUT2D eigenvalue weighted by molar-refractivity contribution is 0.168. The van der Waals surface area contributed by atoms with Gasteiger partial charge in [-0.05, 0) is 37.5 Å². The van der Waals surface area contributed by atoms with E-state index < -0.39 is 6.09 Å². The molecular formula is C13H20N2O2. The van der Waals surface area contributed by atoms with Crippen molar-refractivity contribution >= 4 is 17.5 Å². The Bertz CT molecular complexity index is 378. The van der Waals surface area contributed by atoms with Gasteiger partial charge in [0.2, 0.25) is 0 Å². The van der Waals surface area contributed by atoms with E-state index in [2.05, 4.69) is 12.2 Å². The van der Waals surface area contributed by atoms with Gasteiger partial charge in [-0.2, -0.15) is 0 Å². The average Bonchev–Trinajstić information content (AvgIpc) is 2.30. The van der Waals surface area contributed by atoms with Crippen molar-refractivity contribution in [3.05, 3.63) is 23.8 Å². The van der Waals surface area contributed by atoms with Gasteiger partial charge in [-0.3, -0.25) is 5.32 Å². The number of hydrogen-bond donors (Lipinski definition) is 2. The fourth-order valence-corrected chi connectivity index (χ4v) is 1.54. The number of hydrogen-bond acceptors (Lipinski definition) is 3. The van der Waals surface area contributed by atoms with E-state index in [-0.39, 0.29) is 0 Å². The minimum Gasteiger partial charge on any atom is -0.450 e. The predicted molar refractivity (Wildman–Crippen MR) is 70.1 cm³/mol. The Morgan fingerprint density at radius 3 is 2.76 bits per heavy atom. The summed E-state index contributed by atoms with van der Waals surface area (Å²) in [6, 6.07) is 5.70. The second-order valence-electron chi connectivity index (χ2n) is 3.87. The van der Waals surface area contributed by atoms with Crippen molar-refractivity contribution < 1.29 is 9.53 Å². The summed E-state index contributed by atoms with van der Waals surface area (Å²) < 4.78 is 4.79. The number of anilines is 2. The molecule has 0 saturated heterocycles. The molecule has 0 aliphatic rings. The fraction of sp³-hybridized carbons (Fsp3) is 0.462. The standard InChI is InChI=1S/C13H20N2O2/c1-3-5-6-10-7-8-12(11(14)9-10)15-13(16)17-4-2/h7-9H,3-6,14H2,1-2H3,(H,15,16). The SMILES string of the molecule is CCCCc1ccc(NC(=O)OCC)c(N)c1. The van der Waals surface area contributed by atoms with Gasteiger partial charge in [0.15, 0.2) is 0 Å². The van der Waals surface area contributed by atoms with Crippen molar-refractivity contribution in [3.8, 4) is 0 Å². The van der Waals surface area contributed by atoms with Gasteiger partial charge in [0, 0.05) is 0 Å². The molecule has 1 aromatic carbocycles. The highest BCUT2D eigenvalue weighted by molar-refractivity contribution is 5.88. The number of ether oxygens (including phenoxy) is 1. The van der Waals surface area contributed by atoms with Crippen LogP contribution >= 0.6 is 0 Å². The molecule has 0 unspecified atom stereocenters. The van der Waals surface area contributed by atoms with E-state index in [9.17, 15) is 4.79 Å². The minimum atomic E-state index is -0.472. The first-order chi connectivity index (χ1) is 8.17. The number of amides is 1. The van der Waals surface area contributed by atoms with Gasteiger partial charge in [-0.25, -0.2) is 4.79 Å². The summed E-state index contributed by atoms with van der Waals surface area (Å²) in [6.45, 7) is 4.26. The number of carbonyl (C=O) groups is 1. The zero-order valence-electron chi connectivity index (χ0n) is 10.5. The minimum absolute atomic E-state index is 0.348. The molecule has 17 heavy (non-hydrogen) atoms. The molecular weight excluding hydrogens is 216 g/mol.